The molecule has 0 saturated carbocycles. The maximum Gasteiger partial charge on any atom is 0.186 e. The van der Waals surface area contributed by atoms with Gasteiger partial charge in [-0.2, -0.15) is 0 Å². The smallest absolute Gasteiger partial charge is 0.186 e. The largest absolute Gasteiger partial charge is 0.394 e. The highest BCUT2D eigenvalue weighted by Gasteiger charge is 2.48. The number of unbranched alkanes of at least 4 members (excludes halogenated alkanes) is 9. The van der Waals surface area contributed by atoms with E-state index in [0.29, 0.717) is 6.61 Å². The molecule has 34 heavy (non-hydrogen) atoms. The van der Waals surface area contributed by atoms with Crippen LogP contribution in [0.15, 0.2) is 0 Å². The van der Waals surface area contributed by atoms with Gasteiger partial charge in [0.25, 0.3) is 0 Å². The summed E-state index contributed by atoms with van der Waals surface area (Å²) in [7, 11) is 0. The number of ether oxygens (including phenoxy) is 4. The molecule has 6 N–H and O–H groups in total. The zero-order valence-corrected chi connectivity index (χ0v) is 20.4. The highest BCUT2D eigenvalue weighted by atomic mass is 16.7. The zero-order chi connectivity index (χ0) is 24.9. The van der Waals surface area contributed by atoms with Crippen LogP contribution in [0, 0.1) is 0 Å². The summed E-state index contributed by atoms with van der Waals surface area (Å²) in [5.41, 5.74) is 0. The Kier molecular flexibility index (Phi) is 14.4. The van der Waals surface area contributed by atoms with Crippen molar-refractivity contribution in [1.82, 2.24) is 0 Å². The molecule has 0 spiro atoms. The van der Waals surface area contributed by atoms with Crippen LogP contribution in [0.5, 0.6) is 0 Å². The van der Waals surface area contributed by atoms with Gasteiger partial charge >= 0.3 is 0 Å². The zero-order valence-electron chi connectivity index (χ0n) is 20.4. The molecule has 2 heterocycles. The molecular weight excluding hydrogens is 448 g/mol. The average molecular weight is 495 g/mol. The topological polar surface area (TPSA) is 158 Å². The van der Waals surface area contributed by atoms with Crippen LogP contribution >= 0.6 is 0 Å². The fraction of sp³-hybridized carbons (Fsp3) is 1.00. The van der Waals surface area contributed by atoms with Gasteiger partial charge in [-0.1, -0.05) is 64.7 Å². The van der Waals surface area contributed by atoms with Crippen molar-refractivity contribution in [3.63, 3.8) is 0 Å². The third-order valence-corrected chi connectivity index (χ3v) is 6.61. The van der Waals surface area contributed by atoms with Gasteiger partial charge in [0.05, 0.1) is 19.3 Å². The second-order valence-corrected chi connectivity index (χ2v) is 9.46. The van der Waals surface area contributed by atoms with Gasteiger partial charge in [0, 0.05) is 13.0 Å². The molecule has 0 amide bonds. The van der Waals surface area contributed by atoms with Crippen LogP contribution in [0.2, 0.25) is 0 Å². The summed E-state index contributed by atoms with van der Waals surface area (Å²) in [5, 5.41) is 60.1. The Balaban J connectivity index is 1.71. The van der Waals surface area contributed by atoms with Gasteiger partial charge in [-0.25, -0.2) is 0 Å². The molecule has 0 unspecified atom stereocenters. The Bertz CT molecular complexity index is 522. The molecule has 0 aliphatic carbocycles. The van der Waals surface area contributed by atoms with E-state index in [-0.39, 0.29) is 6.42 Å². The Labute approximate surface area is 202 Å². The third-order valence-electron chi connectivity index (χ3n) is 6.61. The molecule has 2 aliphatic heterocycles. The van der Waals surface area contributed by atoms with E-state index in [1.165, 1.54) is 44.9 Å². The molecule has 2 fully saturated rings. The van der Waals surface area contributed by atoms with E-state index in [9.17, 15) is 30.6 Å². The predicted octanol–water partition coefficient (Wildman–Crippen LogP) is 0.577. The molecule has 0 aromatic rings. The quantitative estimate of drug-likeness (QED) is 0.168. The van der Waals surface area contributed by atoms with Gasteiger partial charge in [-0.15, -0.1) is 0 Å². The predicted molar refractivity (Wildman–Crippen MR) is 123 cm³/mol. The van der Waals surface area contributed by atoms with Crippen LogP contribution < -0.4 is 0 Å². The highest BCUT2D eigenvalue weighted by molar-refractivity contribution is 4.92. The molecule has 0 bridgehead atoms. The molecule has 0 aromatic carbocycles. The third kappa shape index (κ3) is 9.24. The Hall–Kier alpha value is -0.400. The first-order valence-electron chi connectivity index (χ1n) is 12.9. The van der Waals surface area contributed by atoms with Crippen LogP contribution in [0.4, 0.5) is 0 Å². The number of aliphatic hydroxyl groups is 6. The van der Waals surface area contributed by atoms with Crippen molar-refractivity contribution >= 4 is 0 Å². The van der Waals surface area contributed by atoms with Crippen molar-refractivity contribution < 1.29 is 49.6 Å². The van der Waals surface area contributed by atoms with E-state index in [0.717, 1.165) is 19.3 Å². The number of hydrogen-bond acceptors (Lipinski definition) is 10. The summed E-state index contributed by atoms with van der Waals surface area (Å²) in [6.07, 6.45) is 1.05. The van der Waals surface area contributed by atoms with Crippen molar-refractivity contribution in [2.45, 2.75) is 133 Å². The molecule has 2 aliphatic rings. The van der Waals surface area contributed by atoms with Crippen LogP contribution in [-0.4, -0.2) is 106 Å². The lowest BCUT2D eigenvalue weighted by Crippen LogP contribution is -2.62. The Morgan fingerprint density at radius 1 is 0.676 bits per heavy atom. The fourth-order valence-corrected chi connectivity index (χ4v) is 4.45. The van der Waals surface area contributed by atoms with Crippen molar-refractivity contribution in [2.24, 2.45) is 0 Å². The molecular formula is C24H46O10. The first-order chi connectivity index (χ1) is 16.4. The van der Waals surface area contributed by atoms with Crippen LogP contribution in [0.1, 0.15) is 77.6 Å². The van der Waals surface area contributed by atoms with E-state index < -0.39 is 68.5 Å². The molecule has 0 radical (unpaired) electrons. The SMILES string of the molecule is CCCCCCCCCCCCO[C@H]1O[C@H](CO)[C@@H](O[C@H]2O[C@H](CO)[C@@H](O)C[C@H]2O)[C@H](O)[C@H]1O. The highest BCUT2D eigenvalue weighted by Crippen LogP contribution is 2.29. The van der Waals surface area contributed by atoms with Gasteiger partial charge in [-0.3, -0.25) is 0 Å². The van der Waals surface area contributed by atoms with Crippen LogP contribution in [0.25, 0.3) is 0 Å². The lowest BCUT2D eigenvalue weighted by Gasteiger charge is -2.45. The van der Waals surface area contributed by atoms with E-state index in [2.05, 4.69) is 6.92 Å². The standard InChI is InChI=1S/C24H46O10/c1-2-3-4-5-6-7-8-9-10-11-12-31-24-21(30)20(29)22(19(15-26)33-24)34-23-17(28)13-16(27)18(14-25)32-23/h16-30H,2-15H2,1H3/t16-,17+,18+,19+,20+,21+,22+,23+,24-/m0/s1. The summed E-state index contributed by atoms with van der Waals surface area (Å²) in [6.45, 7) is 1.59. The monoisotopic (exact) mass is 494 g/mol. The molecule has 10 nitrogen and oxygen atoms in total. The first-order valence-corrected chi connectivity index (χ1v) is 12.9. The van der Waals surface area contributed by atoms with Crippen molar-refractivity contribution in [3.8, 4) is 0 Å². The average Bonchev–Trinajstić information content (AvgIpc) is 2.83. The number of aliphatic hydroxyl groups excluding tert-OH is 6. The maximum atomic E-state index is 10.6. The van der Waals surface area contributed by atoms with Crippen LogP contribution in [0.3, 0.4) is 0 Å². The van der Waals surface area contributed by atoms with Gasteiger partial charge < -0.3 is 49.6 Å². The summed E-state index contributed by atoms with van der Waals surface area (Å²) >= 11 is 0. The Morgan fingerprint density at radius 3 is 1.82 bits per heavy atom. The van der Waals surface area contributed by atoms with Gasteiger partial charge in [0.1, 0.15) is 36.6 Å². The summed E-state index contributed by atoms with van der Waals surface area (Å²) in [4.78, 5) is 0. The minimum absolute atomic E-state index is 0.0868. The summed E-state index contributed by atoms with van der Waals surface area (Å²) < 4.78 is 22.3. The second kappa shape index (κ2) is 16.4. The second-order valence-electron chi connectivity index (χ2n) is 9.46. The summed E-state index contributed by atoms with van der Waals surface area (Å²) in [6, 6.07) is 0. The van der Waals surface area contributed by atoms with Gasteiger partial charge in [0.15, 0.2) is 12.6 Å². The normalized spacial score (nSPS) is 36.6. The summed E-state index contributed by atoms with van der Waals surface area (Å²) in [5.74, 6) is 0. The minimum Gasteiger partial charge on any atom is -0.394 e. The molecule has 2 saturated heterocycles. The van der Waals surface area contributed by atoms with Crippen LogP contribution in [-0.2, 0) is 18.9 Å². The maximum absolute atomic E-state index is 10.6. The van der Waals surface area contributed by atoms with E-state index in [4.69, 9.17) is 18.9 Å². The van der Waals surface area contributed by atoms with Gasteiger partial charge in [0.2, 0.25) is 0 Å². The van der Waals surface area contributed by atoms with Crippen molar-refractivity contribution in [2.75, 3.05) is 19.8 Å². The number of hydrogen-bond donors (Lipinski definition) is 6. The first kappa shape index (κ1) is 29.8. The Morgan fingerprint density at radius 2 is 1.24 bits per heavy atom. The van der Waals surface area contributed by atoms with Crippen molar-refractivity contribution in [1.29, 1.82) is 0 Å². The molecule has 202 valence electrons. The fourth-order valence-electron chi connectivity index (χ4n) is 4.45. The van der Waals surface area contributed by atoms with E-state index >= 15 is 0 Å². The lowest BCUT2D eigenvalue weighted by molar-refractivity contribution is -0.349. The van der Waals surface area contributed by atoms with E-state index in [1.54, 1.807) is 0 Å². The molecule has 2 rings (SSSR count). The molecule has 9 atom stereocenters. The molecule has 0 aromatic heterocycles. The molecule has 10 heteroatoms. The van der Waals surface area contributed by atoms with Gasteiger partial charge in [-0.05, 0) is 6.42 Å². The van der Waals surface area contributed by atoms with E-state index in [1.807, 2.05) is 0 Å². The number of rotatable bonds is 16. The minimum atomic E-state index is -1.46. The lowest BCUT2D eigenvalue weighted by atomic mass is 9.98. The van der Waals surface area contributed by atoms with Crippen molar-refractivity contribution in [3.05, 3.63) is 0 Å².